The van der Waals surface area contributed by atoms with Gasteiger partial charge in [0.05, 0.1) is 6.10 Å². The molecule has 1 saturated carbocycles. The van der Waals surface area contributed by atoms with Crippen molar-refractivity contribution in [1.82, 2.24) is 0 Å². The molecular formula is C12H24O. The summed E-state index contributed by atoms with van der Waals surface area (Å²) < 4.78 is 0. The Morgan fingerprint density at radius 1 is 1.08 bits per heavy atom. The first-order chi connectivity index (χ1) is 6.20. The van der Waals surface area contributed by atoms with Gasteiger partial charge in [-0.3, -0.25) is 0 Å². The number of hydrogen-bond acceptors (Lipinski definition) is 1. The average Bonchev–Trinajstić information content (AvgIpc) is 2.15. The van der Waals surface area contributed by atoms with Gasteiger partial charge >= 0.3 is 0 Å². The minimum absolute atomic E-state index is 0.0114. The maximum absolute atomic E-state index is 9.92. The summed E-state index contributed by atoms with van der Waals surface area (Å²) in [5, 5.41) is 9.92. The number of aliphatic hydroxyl groups excluding tert-OH is 1. The molecule has 1 N–H and O–H groups in total. The molecule has 1 aliphatic rings. The molecule has 0 amide bonds. The summed E-state index contributed by atoms with van der Waals surface area (Å²) in [6.45, 7) is 4.46. The minimum atomic E-state index is -0.0114. The van der Waals surface area contributed by atoms with Gasteiger partial charge in [-0.15, -0.1) is 0 Å². The highest BCUT2D eigenvalue weighted by atomic mass is 16.3. The Kier molecular flexibility index (Phi) is 4.79. The molecule has 1 atom stereocenters. The van der Waals surface area contributed by atoms with E-state index in [0.29, 0.717) is 5.92 Å². The van der Waals surface area contributed by atoms with Crippen LogP contribution < -0.4 is 0 Å². The van der Waals surface area contributed by atoms with Crippen molar-refractivity contribution in [3.8, 4) is 0 Å². The van der Waals surface area contributed by atoms with Crippen LogP contribution in [0.4, 0.5) is 0 Å². The van der Waals surface area contributed by atoms with Gasteiger partial charge in [0.15, 0.2) is 0 Å². The predicted molar refractivity (Wildman–Crippen MR) is 56.7 cm³/mol. The van der Waals surface area contributed by atoms with Gasteiger partial charge in [-0.2, -0.15) is 0 Å². The lowest BCUT2D eigenvalue weighted by molar-refractivity contribution is 0.0724. The standard InChI is InChI=1S/C12H24O/c1-10(2)8-9-12(13)11-6-4-3-5-7-11/h10-13H,3-9H2,1-2H3. The molecule has 1 aliphatic carbocycles. The van der Waals surface area contributed by atoms with Crippen molar-refractivity contribution in [3.63, 3.8) is 0 Å². The molecule has 0 aromatic rings. The van der Waals surface area contributed by atoms with Crippen LogP contribution in [0.3, 0.4) is 0 Å². The van der Waals surface area contributed by atoms with Gasteiger partial charge in [0.2, 0.25) is 0 Å². The van der Waals surface area contributed by atoms with Crippen LogP contribution >= 0.6 is 0 Å². The smallest absolute Gasteiger partial charge is 0.0568 e. The highest BCUT2D eigenvalue weighted by Gasteiger charge is 2.21. The molecule has 0 spiro atoms. The summed E-state index contributed by atoms with van der Waals surface area (Å²) in [6, 6.07) is 0. The van der Waals surface area contributed by atoms with Crippen LogP contribution in [-0.2, 0) is 0 Å². The molecule has 1 unspecified atom stereocenters. The molecule has 1 fully saturated rings. The second kappa shape index (κ2) is 5.64. The molecule has 13 heavy (non-hydrogen) atoms. The largest absolute Gasteiger partial charge is 0.393 e. The van der Waals surface area contributed by atoms with Gasteiger partial charge < -0.3 is 5.11 Å². The number of hydrogen-bond donors (Lipinski definition) is 1. The summed E-state index contributed by atoms with van der Waals surface area (Å²) >= 11 is 0. The van der Waals surface area contributed by atoms with Crippen molar-refractivity contribution in [2.24, 2.45) is 11.8 Å². The van der Waals surface area contributed by atoms with Crippen LogP contribution in [-0.4, -0.2) is 11.2 Å². The molecule has 1 heteroatoms. The Labute approximate surface area is 82.5 Å². The van der Waals surface area contributed by atoms with Crippen molar-refractivity contribution in [2.45, 2.75) is 64.9 Å². The zero-order chi connectivity index (χ0) is 9.68. The van der Waals surface area contributed by atoms with Crippen LogP contribution in [0.1, 0.15) is 58.8 Å². The highest BCUT2D eigenvalue weighted by molar-refractivity contribution is 4.73. The Morgan fingerprint density at radius 3 is 2.23 bits per heavy atom. The van der Waals surface area contributed by atoms with Crippen LogP contribution in [0, 0.1) is 11.8 Å². The van der Waals surface area contributed by atoms with E-state index in [0.717, 1.165) is 12.3 Å². The predicted octanol–water partition coefficient (Wildman–Crippen LogP) is 3.36. The van der Waals surface area contributed by atoms with Crippen LogP contribution in [0.25, 0.3) is 0 Å². The lowest BCUT2D eigenvalue weighted by Gasteiger charge is -2.26. The summed E-state index contributed by atoms with van der Waals surface area (Å²) in [5.41, 5.74) is 0. The third-order valence-corrected chi connectivity index (χ3v) is 3.23. The van der Waals surface area contributed by atoms with Gasteiger partial charge in [0.1, 0.15) is 0 Å². The maximum atomic E-state index is 9.92. The van der Waals surface area contributed by atoms with E-state index in [1.165, 1.54) is 38.5 Å². The van der Waals surface area contributed by atoms with Crippen molar-refractivity contribution in [1.29, 1.82) is 0 Å². The van der Waals surface area contributed by atoms with Gasteiger partial charge in [0, 0.05) is 0 Å². The second-order valence-electron chi connectivity index (χ2n) is 4.94. The molecule has 0 aromatic carbocycles. The van der Waals surface area contributed by atoms with E-state index in [4.69, 9.17) is 0 Å². The minimum Gasteiger partial charge on any atom is -0.393 e. The van der Waals surface area contributed by atoms with E-state index in [9.17, 15) is 5.11 Å². The fraction of sp³-hybridized carbons (Fsp3) is 1.00. The van der Waals surface area contributed by atoms with Crippen LogP contribution in [0.2, 0.25) is 0 Å². The summed E-state index contributed by atoms with van der Waals surface area (Å²) in [5.74, 6) is 1.35. The van der Waals surface area contributed by atoms with E-state index in [1.54, 1.807) is 0 Å². The Morgan fingerprint density at radius 2 is 1.69 bits per heavy atom. The summed E-state index contributed by atoms with van der Waals surface area (Å²) in [6.07, 6.45) is 8.77. The molecule has 0 radical (unpaired) electrons. The molecule has 0 aromatic heterocycles. The number of rotatable bonds is 4. The quantitative estimate of drug-likeness (QED) is 0.710. The Balaban J connectivity index is 2.17. The number of aliphatic hydroxyl groups is 1. The van der Waals surface area contributed by atoms with Gasteiger partial charge in [0.25, 0.3) is 0 Å². The Hall–Kier alpha value is -0.0400. The zero-order valence-electron chi connectivity index (χ0n) is 9.13. The van der Waals surface area contributed by atoms with E-state index in [-0.39, 0.29) is 6.10 Å². The molecule has 78 valence electrons. The van der Waals surface area contributed by atoms with Crippen molar-refractivity contribution >= 4 is 0 Å². The maximum Gasteiger partial charge on any atom is 0.0568 e. The van der Waals surface area contributed by atoms with Crippen molar-refractivity contribution in [3.05, 3.63) is 0 Å². The van der Waals surface area contributed by atoms with Crippen molar-refractivity contribution in [2.75, 3.05) is 0 Å². The Bertz CT molecular complexity index is 125. The van der Waals surface area contributed by atoms with E-state index < -0.39 is 0 Å². The van der Waals surface area contributed by atoms with Gasteiger partial charge in [-0.25, -0.2) is 0 Å². The molecule has 1 nitrogen and oxygen atoms in total. The molecule has 1 rings (SSSR count). The first-order valence-corrected chi connectivity index (χ1v) is 5.88. The average molecular weight is 184 g/mol. The summed E-state index contributed by atoms with van der Waals surface area (Å²) in [4.78, 5) is 0. The third kappa shape index (κ3) is 4.12. The third-order valence-electron chi connectivity index (χ3n) is 3.23. The van der Waals surface area contributed by atoms with Crippen LogP contribution in [0.15, 0.2) is 0 Å². The van der Waals surface area contributed by atoms with E-state index >= 15 is 0 Å². The lowest BCUT2D eigenvalue weighted by atomic mass is 9.83. The lowest BCUT2D eigenvalue weighted by Crippen LogP contribution is -2.23. The SMILES string of the molecule is CC(C)CCC(O)C1CCCCC1. The van der Waals surface area contributed by atoms with E-state index in [2.05, 4.69) is 13.8 Å². The first kappa shape index (κ1) is 11.0. The molecule has 0 bridgehead atoms. The molecule has 0 aliphatic heterocycles. The summed E-state index contributed by atoms with van der Waals surface area (Å²) in [7, 11) is 0. The molecule has 0 heterocycles. The molecule has 0 saturated heterocycles. The highest BCUT2D eigenvalue weighted by Crippen LogP contribution is 2.28. The normalized spacial score (nSPS) is 22.2. The second-order valence-corrected chi connectivity index (χ2v) is 4.94. The fourth-order valence-corrected chi connectivity index (χ4v) is 2.26. The topological polar surface area (TPSA) is 20.2 Å². The van der Waals surface area contributed by atoms with Crippen LogP contribution in [0.5, 0.6) is 0 Å². The van der Waals surface area contributed by atoms with E-state index in [1.807, 2.05) is 0 Å². The van der Waals surface area contributed by atoms with Crippen molar-refractivity contribution < 1.29 is 5.11 Å². The van der Waals surface area contributed by atoms with Gasteiger partial charge in [-0.1, -0.05) is 33.1 Å². The van der Waals surface area contributed by atoms with Gasteiger partial charge in [-0.05, 0) is 37.5 Å². The fourth-order valence-electron chi connectivity index (χ4n) is 2.26. The zero-order valence-corrected chi connectivity index (χ0v) is 9.13. The monoisotopic (exact) mass is 184 g/mol. The molecular weight excluding hydrogens is 160 g/mol. The first-order valence-electron chi connectivity index (χ1n) is 5.88.